The molecule has 7 nitrogen and oxygen atoms in total. The topological polar surface area (TPSA) is 96.7 Å². The van der Waals surface area contributed by atoms with Gasteiger partial charge in [0, 0.05) is 37.1 Å². The molecule has 0 saturated carbocycles. The van der Waals surface area contributed by atoms with Crippen LogP contribution in [0.1, 0.15) is 5.69 Å². The Bertz CT molecular complexity index is 770. The molecule has 0 amide bonds. The van der Waals surface area contributed by atoms with Crippen LogP contribution in [0.25, 0.3) is 10.9 Å². The van der Waals surface area contributed by atoms with Gasteiger partial charge in [-0.2, -0.15) is 0 Å². The maximum absolute atomic E-state index is 11.0. The Morgan fingerprint density at radius 2 is 2.24 bits per heavy atom. The number of anilines is 1. The lowest BCUT2D eigenvalue weighted by atomic mass is 10.1. The number of aromatic amines is 1. The number of benzene rings is 1. The van der Waals surface area contributed by atoms with Gasteiger partial charge in [-0.25, -0.2) is 4.98 Å². The van der Waals surface area contributed by atoms with Crippen molar-refractivity contribution in [1.29, 1.82) is 0 Å². The van der Waals surface area contributed by atoms with Crippen molar-refractivity contribution in [3.63, 3.8) is 0 Å². The molecule has 3 aromatic rings. The summed E-state index contributed by atoms with van der Waals surface area (Å²) in [5, 5.41) is 14.8. The van der Waals surface area contributed by atoms with Crippen molar-refractivity contribution in [1.82, 2.24) is 15.0 Å². The molecular formula is C14H13N5O2. The SMILES string of the molecule is O=[N+]([O-])c1ccc(NCCc2cnc[nH]2)c2ncccc12. The van der Waals surface area contributed by atoms with Crippen molar-refractivity contribution in [2.24, 2.45) is 0 Å². The molecule has 0 fully saturated rings. The molecule has 2 heterocycles. The minimum absolute atomic E-state index is 0.0669. The van der Waals surface area contributed by atoms with Gasteiger partial charge in [-0.15, -0.1) is 0 Å². The number of hydrogen-bond donors (Lipinski definition) is 2. The highest BCUT2D eigenvalue weighted by Gasteiger charge is 2.14. The predicted molar refractivity (Wildman–Crippen MR) is 79.2 cm³/mol. The monoisotopic (exact) mass is 283 g/mol. The highest BCUT2D eigenvalue weighted by Crippen LogP contribution is 2.29. The fourth-order valence-corrected chi connectivity index (χ4v) is 2.21. The molecule has 7 heteroatoms. The first kappa shape index (κ1) is 13.0. The molecule has 0 aliphatic carbocycles. The van der Waals surface area contributed by atoms with E-state index in [1.165, 1.54) is 6.07 Å². The smallest absolute Gasteiger partial charge is 0.278 e. The van der Waals surface area contributed by atoms with Crippen LogP contribution in [0, 0.1) is 10.1 Å². The Morgan fingerprint density at radius 3 is 3.00 bits per heavy atom. The molecular weight excluding hydrogens is 270 g/mol. The Morgan fingerprint density at radius 1 is 1.33 bits per heavy atom. The maximum atomic E-state index is 11.0. The zero-order chi connectivity index (χ0) is 14.7. The summed E-state index contributed by atoms with van der Waals surface area (Å²) in [6, 6.07) is 6.60. The normalized spacial score (nSPS) is 10.7. The van der Waals surface area contributed by atoms with Crippen molar-refractivity contribution in [2.75, 3.05) is 11.9 Å². The summed E-state index contributed by atoms with van der Waals surface area (Å²) < 4.78 is 0. The number of rotatable bonds is 5. The Balaban J connectivity index is 1.85. The highest BCUT2D eigenvalue weighted by molar-refractivity contribution is 5.96. The molecule has 0 unspecified atom stereocenters. The van der Waals surface area contributed by atoms with Gasteiger partial charge in [0.2, 0.25) is 0 Å². The van der Waals surface area contributed by atoms with Gasteiger partial charge in [-0.1, -0.05) is 0 Å². The Kier molecular flexibility index (Phi) is 3.46. The number of fused-ring (bicyclic) bond motifs is 1. The average molecular weight is 283 g/mol. The number of nitrogens with zero attached hydrogens (tertiary/aromatic N) is 3. The maximum Gasteiger partial charge on any atom is 0.278 e. The lowest BCUT2D eigenvalue weighted by Gasteiger charge is -2.08. The van der Waals surface area contributed by atoms with Crippen molar-refractivity contribution in [2.45, 2.75) is 6.42 Å². The summed E-state index contributed by atoms with van der Waals surface area (Å²) in [7, 11) is 0. The van der Waals surface area contributed by atoms with Crippen molar-refractivity contribution >= 4 is 22.3 Å². The molecule has 0 spiro atoms. The van der Waals surface area contributed by atoms with E-state index in [1.54, 1.807) is 36.9 Å². The molecule has 1 aromatic carbocycles. The minimum Gasteiger partial charge on any atom is -0.383 e. The molecule has 0 atom stereocenters. The van der Waals surface area contributed by atoms with Crippen molar-refractivity contribution in [3.05, 3.63) is 58.8 Å². The number of pyridine rings is 1. The molecule has 0 radical (unpaired) electrons. The van der Waals surface area contributed by atoms with Gasteiger partial charge in [-0.3, -0.25) is 15.1 Å². The van der Waals surface area contributed by atoms with Crippen LogP contribution < -0.4 is 5.32 Å². The fraction of sp³-hybridized carbons (Fsp3) is 0.143. The van der Waals surface area contributed by atoms with Gasteiger partial charge in [0.15, 0.2) is 0 Å². The van der Waals surface area contributed by atoms with Crippen LogP contribution in [-0.4, -0.2) is 26.4 Å². The lowest BCUT2D eigenvalue weighted by Crippen LogP contribution is -2.06. The summed E-state index contributed by atoms with van der Waals surface area (Å²) in [5.41, 5.74) is 2.49. The third kappa shape index (κ3) is 2.66. The van der Waals surface area contributed by atoms with E-state index in [4.69, 9.17) is 0 Å². The quantitative estimate of drug-likeness (QED) is 0.554. The molecule has 21 heavy (non-hydrogen) atoms. The van der Waals surface area contributed by atoms with Crippen LogP contribution in [0.5, 0.6) is 0 Å². The zero-order valence-electron chi connectivity index (χ0n) is 11.1. The third-order valence-corrected chi connectivity index (χ3v) is 3.21. The van der Waals surface area contributed by atoms with Crippen LogP contribution in [0.2, 0.25) is 0 Å². The van der Waals surface area contributed by atoms with Gasteiger partial charge >= 0.3 is 0 Å². The molecule has 2 N–H and O–H groups in total. The number of nitro groups is 1. The van der Waals surface area contributed by atoms with Gasteiger partial charge in [0.1, 0.15) is 5.52 Å². The molecule has 3 rings (SSSR count). The van der Waals surface area contributed by atoms with Crippen LogP contribution in [0.3, 0.4) is 0 Å². The van der Waals surface area contributed by atoms with E-state index in [0.29, 0.717) is 17.4 Å². The first-order chi connectivity index (χ1) is 10.3. The van der Waals surface area contributed by atoms with E-state index >= 15 is 0 Å². The predicted octanol–water partition coefficient (Wildman–Crippen LogP) is 2.52. The average Bonchev–Trinajstić information content (AvgIpc) is 3.00. The van der Waals surface area contributed by atoms with E-state index in [1.807, 2.05) is 0 Å². The summed E-state index contributed by atoms with van der Waals surface area (Å²) in [5.74, 6) is 0. The van der Waals surface area contributed by atoms with E-state index in [2.05, 4.69) is 20.3 Å². The molecule has 0 bridgehead atoms. The number of nitro benzene ring substituents is 1. The van der Waals surface area contributed by atoms with Gasteiger partial charge in [-0.05, 0) is 18.2 Å². The van der Waals surface area contributed by atoms with E-state index < -0.39 is 4.92 Å². The summed E-state index contributed by atoms with van der Waals surface area (Å²) >= 11 is 0. The minimum atomic E-state index is -0.390. The van der Waals surface area contributed by atoms with Crippen molar-refractivity contribution < 1.29 is 4.92 Å². The zero-order valence-corrected chi connectivity index (χ0v) is 11.1. The molecule has 0 saturated heterocycles. The molecule has 0 aliphatic heterocycles. The van der Waals surface area contributed by atoms with E-state index in [0.717, 1.165) is 17.8 Å². The number of hydrogen-bond acceptors (Lipinski definition) is 5. The molecule has 0 aliphatic rings. The van der Waals surface area contributed by atoms with Gasteiger partial charge in [0.05, 0.1) is 22.3 Å². The standard InChI is InChI=1S/C14H13N5O2/c20-19(21)13-4-3-12(14-11(13)2-1-6-17-14)16-7-5-10-8-15-9-18-10/h1-4,6,8-9,16H,5,7H2,(H,15,18). The first-order valence-electron chi connectivity index (χ1n) is 6.49. The summed E-state index contributed by atoms with van der Waals surface area (Å²) in [6.45, 7) is 0.686. The molecule has 106 valence electrons. The second-order valence-electron chi connectivity index (χ2n) is 4.54. The first-order valence-corrected chi connectivity index (χ1v) is 6.49. The number of H-pyrrole nitrogens is 1. The highest BCUT2D eigenvalue weighted by atomic mass is 16.6. The summed E-state index contributed by atoms with van der Waals surface area (Å²) in [6.07, 6.45) is 5.82. The number of aromatic nitrogens is 3. The van der Waals surface area contributed by atoms with Crippen LogP contribution >= 0.6 is 0 Å². The fourth-order valence-electron chi connectivity index (χ4n) is 2.21. The second kappa shape index (κ2) is 5.58. The number of non-ortho nitro benzene ring substituents is 1. The Labute approximate surface area is 120 Å². The van der Waals surface area contributed by atoms with Crippen LogP contribution in [0.4, 0.5) is 11.4 Å². The second-order valence-corrected chi connectivity index (χ2v) is 4.54. The molecule has 2 aromatic heterocycles. The van der Waals surface area contributed by atoms with Crippen LogP contribution in [-0.2, 0) is 6.42 Å². The largest absolute Gasteiger partial charge is 0.383 e. The lowest BCUT2D eigenvalue weighted by molar-refractivity contribution is -0.383. The number of nitrogens with one attached hydrogen (secondary N) is 2. The van der Waals surface area contributed by atoms with E-state index in [9.17, 15) is 10.1 Å². The Hall–Kier alpha value is -2.96. The van der Waals surface area contributed by atoms with Gasteiger partial charge in [0.25, 0.3) is 5.69 Å². The van der Waals surface area contributed by atoms with Crippen LogP contribution in [0.15, 0.2) is 43.0 Å². The van der Waals surface area contributed by atoms with Gasteiger partial charge < -0.3 is 10.3 Å². The number of imidazole rings is 1. The van der Waals surface area contributed by atoms with Crippen molar-refractivity contribution in [3.8, 4) is 0 Å². The third-order valence-electron chi connectivity index (χ3n) is 3.21. The summed E-state index contributed by atoms with van der Waals surface area (Å²) in [4.78, 5) is 21.9. The van der Waals surface area contributed by atoms with E-state index in [-0.39, 0.29) is 5.69 Å².